The minimum Gasteiger partial charge on any atom is -0.366 e. The highest BCUT2D eigenvalue weighted by Crippen LogP contribution is 2.11. The van der Waals surface area contributed by atoms with Crippen LogP contribution in [-0.2, 0) is 6.54 Å². The van der Waals surface area contributed by atoms with E-state index in [4.69, 9.17) is 5.73 Å². The van der Waals surface area contributed by atoms with E-state index in [2.05, 4.69) is 37.1 Å². The van der Waals surface area contributed by atoms with Crippen LogP contribution < -0.4 is 5.73 Å². The van der Waals surface area contributed by atoms with Crippen molar-refractivity contribution in [3.05, 3.63) is 34.3 Å². The Kier molecular flexibility index (Phi) is 2.68. The van der Waals surface area contributed by atoms with Gasteiger partial charge in [0.05, 0.1) is 6.54 Å². The second-order valence-corrected chi connectivity index (χ2v) is 3.98. The van der Waals surface area contributed by atoms with Crippen LogP contribution in [0.15, 0.2) is 23.2 Å². The summed E-state index contributed by atoms with van der Waals surface area (Å²) in [6.07, 6.45) is 3.62. The maximum Gasteiger partial charge on any atom is 0.240 e. The minimum absolute atomic E-state index is 0.266. The molecule has 0 fully saturated rings. The number of pyridine rings is 1. The minimum atomic E-state index is 0.266. The monoisotopic (exact) mass is 267 g/mol. The van der Waals surface area contributed by atoms with Crippen LogP contribution in [0.25, 0.3) is 0 Å². The Balaban J connectivity index is 2.25. The molecule has 0 aliphatic rings. The van der Waals surface area contributed by atoms with Crippen molar-refractivity contribution in [1.82, 2.24) is 19.7 Å². The lowest BCUT2D eigenvalue weighted by atomic mass is 10.2. The Bertz CT molecular complexity index is 479. The molecule has 2 rings (SSSR count). The fourth-order valence-electron chi connectivity index (χ4n) is 1.32. The second-order valence-electron chi connectivity index (χ2n) is 3.27. The van der Waals surface area contributed by atoms with Crippen LogP contribution in [0.1, 0.15) is 11.1 Å². The SMILES string of the molecule is Cc1cncc(Cn2nc(N)nc2Br)c1. The highest BCUT2D eigenvalue weighted by molar-refractivity contribution is 9.10. The van der Waals surface area contributed by atoms with Crippen LogP contribution in [0, 0.1) is 6.92 Å². The summed E-state index contributed by atoms with van der Waals surface area (Å²) in [6, 6.07) is 2.05. The molecule has 2 heterocycles. The van der Waals surface area contributed by atoms with Gasteiger partial charge in [0.2, 0.25) is 5.95 Å². The van der Waals surface area contributed by atoms with Gasteiger partial charge in [-0.05, 0) is 34.0 Å². The Morgan fingerprint density at radius 2 is 2.27 bits per heavy atom. The Morgan fingerprint density at radius 3 is 2.87 bits per heavy atom. The average Bonchev–Trinajstić information content (AvgIpc) is 2.45. The zero-order valence-corrected chi connectivity index (χ0v) is 9.77. The van der Waals surface area contributed by atoms with Gasteiger partial charge < -0.3 is 5.73 Å². The van der Waals surface area contributed by atoms with Crippen molar-refractivity contribution in [3.63, 3.8) is 0 Å². The number of anilines is 1. The molecule has 0 unspecified atom stereocenters. The first-order valence-electron chi connectivity index (χ1n) is 4.41. The number of rotatable bonds is 2. The molecule has 0 aliphatic carbocycles. The molecule has 0 saturated carbocycles. The molecule has 0 saturated heterocycles. The molecule has 78 valence electrons. The smallest absolute Gasteiger partial charge is 0.240 e. The quantitative estimate of drug-likeness (QED) is 0.893. The molecule has 0 atom stereocenters. The van der Waals surface area contributed by atoms with Gasteiger partial charge in [0.1, 0.15) is 0 Å². The van der Waals surface area contributed by atoms with Gasteiger partial charge in [0.25, 0.3) is 0 Å². The van der Waals surface area contributed by atoms with Gasteiger partial charge in [-0.2, -0.15) is 4.98 Å². The third-order valence-electron chi connectivity index (χ3n) is 1.91. The summed E-state index contributed by atoms with van der Waals surface area (Å²) in [5.74, 6) is 0.266. The Morgan fingerprint density at radius 1 is 1.47 bits per heavy atom. The molecule has 0 aromatic carbocycles. The van der Waals surface area contributed by atoms with E-state index < -0.39 is 0 Å². The lowest BCUT2D eigenvalue weighted by Crippen LogP contribution is -2.03. The average molecular weight is 268 g/mol. The van der Waals surface area contributed by atoms with Crippen molar-refractivity contribution in [2.75, 3.05) is 5.73 Å². The number of hydrogen-bond donors (Lipinski definition) is 1. The van der Waals surface area contributed by atoms with E-state index in [9.17, 15) is 0 Å². The van der Waals surface area contributed by atoms with Crippen LogP contribution in [0.2, 0.25) is 0 Å². The Hall–Kier alpha value is -1.43. The fraction of sp³-hybridized carbons (Fsp3) is 0.222. The summed E-state index contributed by atoms with van der Waals surface area (Å²) in [4.78, 5) is 8.06. The van der Waals surface area contributed by atoms with Gasteiger partial charge in [-0.3, -0.25) is 4.98 Å². The summed E-state index contributed by atoms with van der Waals surface area (Å²) in [6.45, 7) is 2.61. The van der Waals surface area contributed by atoms with E-state index in [0.717, 1.165) is 11.1 Å². The molecular weight excluding hydrogens is 258 g/mol. The molecule has 0 radical (unpaired) electrons. The van der Waals surface area contributed by atoms with Gasteiger partial charge in [0.15, 0.2) is 4.73 Å². The van der Waals surface area contributed by atoms with Gasteiger partial charge in [-0.1, -0.05) is 6.07 Å². The Labute approximate surface area is 95.5 Å². The lowest BCUT2D eigenvalue weighted by Gasteiger charge is -2.02. The van der Waals surface area contributed by atoms with Crippen molar-refractivity contribution in [1.29, 1.82) is 0 Å². The predicted molar refractivity (Wildman–Crippen MR) is 60.2 cm³/mol. The van der Waals surface area contributed by atoms with Crippen LogP contribution in [0.5, 0.6) is 0 Å². The number of halogens is 1. The normalized spacial score (nSPS) is 10.5. The maximum atomic E-state index is 5.47. The summed E-state index contributed by atoms with van der Waals surface area (Å²) < 4.78 is 2.31. The molecule has 0 amide bonds. The zero-order valence-electron chi connectivity index (χ0n) is 8.18. The van der Waals surface area contributed by atoms with Crippen molar-refractivity contribution < 1.29 is 0 Å². The van der Waals surface area contributed by atoms with Crippen LogP contribution in [0.3, 0.4) is 0 Å². The third kappa shape index (κ3) is 2.33. The molecule has 2 aromatic rings. The van der Waals surface area contributed by atoms with Gasteiger partial charge in [0, 0.05) is 12.4 Å². The summed E-state index contributed by atoms with van der Waals surface area (Å²) in [7, 11) is 0. The molecule has 0 spiro atoms. The highest BCUT2D eigenvalue weighted by Gasteiger charge is 2.05. The second kappa shape index (κ2) is 3.98. The first kappa shape index (κ1) is 10.1. The summed E-state index contributed by atoms with van der Waals surface area (Å²) in [5.41, 5.74) is 7.67. The third-order valence-corrected chi connectivity index (χ3v) is 2.49. The lowest BCUT2D eigenvalue weighted by molar-refractivity contribution is 0.668. The highest BCUT2D eigenvalue weighted by atomic mass is 79.9. The molecule has 0 bridgehead atoms. The molecule has 2 N–H and O–H groups in total. The fourth-order valence-corrected chi connectivity index (χ4v) is 1.70. The molecule has 5 nitrogen and oxygen atoms in total. The summed E-state index contributed by atoms with van der Waals surface area (Å²) >= 11 is 3.28. The van der Waals surface area contributed by atoms with E-state index >= 15 is 0 Å². The van der Waals surface area contributed by atoms with Crippen molar-refractivity contribution in [3.8, 4) is 0 Å². The van der Waals surface area contributed by atoms with Crippen molar-refractivity contribution in [2.24, 2.45) is 0 Å². The maximum absolute atomic E-state index is 5.47. The van der Waals surface area contributed by atoms with Crippen molar-refractivity contribution >= 4 is 21.9 Å². The number of aryl methyl sites for hydroxylation is 1. The first-order valence-corrected chi connectivity index (χ1v) is 5.21. The zero-order chi connectivity index (χ0) is 10.8. The van der Waals surface area contributed by atoms with E-state index in [1.165, 1.54) is 0 Å². The molecule has 6 heteroatoms. The first-order chi connectivity index (χ1) is 7.15. The largest absolute Gasteiger partial charge is 0.366 e. The van der Waals surface area contributed by atoms with Crippen LogP contribution in [-0.4, -0.2) is 19.7 Å². The van der Waals surface area contributed by atoms with Gasteiger partial charge >= 0.3 is 0 Å². The van der Waals surface area contributed by atoms with E-state index in [1.807, 2.05) is 13.1 Å². The van der Waals surface area contributed by atoms with E-state index in [-0.39, 0.29) is 5.95 Å². The number of nitrogens with two attached hydrogens (primary N) is 1. The van der Waals surface area contributed by atoms with E-state index in [1.54, 1.807) is 10.9 Å². The molecule has 2 aromatic heterocycles. The molecular formula is C9H10BrN5. The number of nitrogens with zero attached hydrogens (tertiary/aromatic N) is 4. The van der Waals surface area contributed by atoms with Crippen LogP contribution in [0.4, 0.5) is 5.95 Å². The molecule has 15 heavy (non-hydrogen) atoms. The van der Waals surface area contributed by atoms with Crippen molar-refractivity contribution in [2.45, 2.75) is 13.5 Å². The number of hydrogen-bond acceptors (Lipinski definition) is 4. The van der Waals surface area contributed by atoms with Crippen LogP contribution >= 0.6 is 15.9 Å². The summed E-state index contributed by atoms with van der Waals surface area (Å²) in [5, 5.41) is 4.04. The number of aromatic nitrogens is 4. The topological polar surface area (TPSA) is 69.6 Å². The standard InChI is InChI=1S/C9H10BrN5/c1-6-2-7(4-12-3-6)5-15-8(10)13-9(11)14-15/h2-4H,5H2,1H3,(H2,11,14). The van der Waals surface area contributed by atoms with E-state index in [0.29, 0.717) is 11.3 Å². The molecule has 0 aliphatic heterocycles. The number of nitrogen functional groups attached to an aromatic ring is 1. The van der Waals surface area contributed by atoms with Gasteiger partial charge in [-0.15, -0.1) is 5.10 Å². The van der Waals surface area contributed by atoms with Gasteiger partial charge in [-0.25, -0.2) is 4.68 Å². The predicted octanol–water partition coefficient (Wildman–Crippen LogP) is 1.37.